The first kappa shape index (κ1) is 17.2. The van der Waals surface area contributed by atoms with Crippen molar-refractivity contribution in [3.05, 3.63) is 69.2 Å². The normalized spacial score (nSPS) is 11.8. The van der Waals surface area contributed by atoms with Gasteiger partial charge in [-0.05, 0) is 43.7 Å². The minimum atomic E-state index is -1.05. The maximum Gasteiger partial charge on any atom is 0.326 e. The van der Waals surface area contributed by atoms with Gasteiger partial charge in [-0.1, -0.05) is 45.3 Å². The van der Waals surface area contributed by atoms with Gasteiger partial charge in [-0.2, -0.15) is 0 Å². The molecule has 0 aliphatic carbocycles. The zero-order valence-electron chi connectivity index (χ0n) is 13.0. The van der Waals surface area contributed by atoms with Crippen molar-refractivity contribution in [2.75, 3.05) is 0 Å². The Morgan fingerprint density at radius 2 is 1.78 bits per heavy atom. The van der Waals surface area contributed by atoms with Crippen LogP contribution in [-0.4, -0.2) is 23.0 Å². The van der Waals surface area contributed by atoms with Crippen molar-refractivity contribution in [1.29, 1.82) is 0 Å². The summed E-state index contributed by atoms with van der Waals surface area (Å²) in [6, 6.07) is 11.9. The molecule has 1 atom stereocenters. The number of hydrogen-bond acceptors (Lipinski definition) is 2. The average Bonchev–Trinajstić information content (AvgIpc) is 2.45. The summed E-state index contributed by atoms with van der Waals surface area (Å²) in [5.41, 5.74) is 3.25. The van der Waals surface area contributed by atoms with Gasteiger partial charge in [0.2, 0.25) is 0 Å². The van der Waals surface area contributed by atoms with Gasteiger partial charge in [-0.3, -0.25) is 4.79 Å². The van der Waals surface area contributed by atoms with Crippen LogP contribution >= 0.6 is 15.9 Å². The summed E-state index contributed by atoms with van der Waals surface area (Å²) in [6.07, 6.45) is 0.227. The second-order valence-electron chi connectivity index (χ2n) is 5.57. The summed E-state index contributed by atoms with van der Waals surface area (Å²) >= 11 is 3.36. The number of aryl methyl sites for hydroxylation is 2. The lowest BCUT2D eigenvalue weighted by atomic mass is 10.0. The molecule has 5 heteroatoms. The molecule has 0 saturated carbocycles. The third-order valence-corrected chi connectivity index (χ3v) is 3.91. The average molecular weight is 376 g/mol. The molecule has 4 nitrogen and oxygen atoms in total. The smallest absolute Gasteiger partial charge is 0.326 e. The molecule has 0 aromatic heterocycles. The number of carbonyl (C=O) groups is 2. The molecule has 2 N–H and O–H groups in total. The largest absolute Gasteiger partial charge is 0.480 e. The number of halogens is 1. The Hall–Kier alpha value is -2.14. The molecule has 2 aromatic carbocycles. The third-order valence-electron chi connectivity index (χ3n) is 3.42. The molecule has 0 spiro atoms. The van der Waals surface area contributed by atoms with Crippen molar-refractivity contribution < 1.29 is 14.7 Å². The zero-order chi connectivity index (χ0) is 17.0. The van der Waals surface area contributed by atoms with Crippen LogP contribution in [0.1, 0.15) is 27.0 Å². The lowest BCUT2D eigenvalue weighted by Crippen LogP contribution is -2.42. The minimum absolute atomic E-state index is 0.227. The highest BCUT2D eigenvalue weighted by Gasteiger charge is 2.21. The fourth-order valence-electron chi connectivity index (χ4n) is 2.45. The number of nitrogens with one attached hydrogen (secondary N) is 1. The monoisotopic (exact) mass is 375 g/mol. The molecule has 120 valence electrons. The quantitative estimate of drug-likeness (QED) is 0.840. The van der Waals surface area contributed by atoms with Gasteiger partial charge >= 0.3 is 5.97 Å². The first-order chi connectivity index (χ1) is 10.8. The van der Waals surface area contributed by atoms with E-state index in [1.165, 1.54) is 0 Å². The van der Waals surface area contributed by atoms with E-state index in [0.717, 1.165) is 21.2 Å². The number of rotatable bonds is 5. The zero-order valence-corrected chi connectivity index (χ0v) is 14.6. The van der Waals surface area contributed by atoms with Crippen LogP contribution in [0.2, 0.25) is 0 Å². The van der Waals surface area contributed by atoms with Crippen LogP contribution in [0.3, 0.4) is 0 Å². The van der Waals surface area contributed by atoms with E-state index in [2.05, 4.69) is 21.2 Å². The van der Waals surface area contributed by atoms with Crippen molar-refractivity contribution in [1.82, 2.24) is 5.32 Å². The molecule has 2 rings (SSSR count). The van der Waals surface area contributed by atoms with E-state index in [1.807, 2.05) is 44.2 Å². The minimum Gasteiger partial charge on any atom is -0.480 e. The van der Waals surface area contributed by atoms with Gasteiger partial charge in [0.1, 0.15) is 6.04 Å². The molecule has 0 unspecified atom stereocenters. The molecule has 2 aromatic rings. The Bertz CT molecular complexity index is 723. The van der Waals surface area contributed by atoms with E-state index in [-0.39, 0.29) is 12.3 Å². The van der Waals surface area contributed by atoms with Crippen molar-refractivity contribution in [3.63, 3.8) is 0 Å². The Balaban J connectivity index is 2.15. The molecule has 0 saturated heterocycles. The maximum absolute atomic E-state index is 12.3. The second kappa shape index (κ2) is 7.42. The number of carbonyl (C=O) groups excluding carboxylic acids is 1. The summed E-state index contributed by atoms with van der Waals surface area (Å²) in [5, 5.41) is 12.0. The van der Waals surface area contributed by atoms with E-state index in [1.54, 1.807) is 12.1 Å². The first-order valence-corrected chi connectivity index (χ1v) is 8.01. The molecular weight excluding hydrogens is 358 g/mol. The van der Waals surface area contributed by atoms with Crippen LogP contribution in [0.5, 0.6) is 0 Å². The molecule has 23 heavy (non-hydrogen) atoms. The topological polar surface area (TPSA) is 66.4 Å². The predicted molar refractivity (Wildman–Crippen MR) is 92.7 cm³/mol. The Morgan fingerprint density at radius 3 is 2.35 bits per heavy atom. The van der Waals surface area contributed by atoms with E-state index in [4.69, 9.17) is 0 Å². The molecule has 0 bridgehead atoms. The van der Waals surface area contributed by atoms with Crippen molar-refractivity contribution in [2.24, 2.45) is 0 Å². The van der Waals surface area contributed by atoms with Gasteiger partial charge in [-0.15, -0.1) is 0 Å². The van der Waals surface area contributed by atoms with Gasteiger partial charge in [-0.25, -0.2) is 4.79 Å². The van der Waals surface area contributed by atoms with Gasteiger partial charge in [0.25, 0.3) is 5.91 Å². The molecule has 0 aliphatic heterocycles. The van der Waals surface area contributed by atoms with E-state index in [0.29, 0.717) is 5.56 Å². The van der Waals surface area contributed by atoms with Gasteiger partial charge in [0.05, 0.1) is 0 Å². The number of hydrogen-bond donors (Lipinski definition) is 2. The van der Waals surface area contributed by atoms with Crippen LogP contribution in [-0.2, 0) is 11.2 Å². The summed E-state index contributed by atoms with van der Waals surface area (Å²) in [5.74, 6) is -1.43. The fourth-order valence-corrected chi connectivity index (χ4v) is 2.89. The number of carboxylic acids is 1. The molecule has 1 amide bonds. The van der Waals surface area contributed by atoms with Crippen LogP contribution < -0.4 is 5.32 Å². The highest BCUT2D eigenvalue weighted by Crippen LogP contribution is 2.14. The highest BCUT2D eigenvalue weighted by molar-refractivity contribution is 9.10. The SMILES string of the molecule is Cc1cc(C)cc(C(=O)N[C@H](Cc2cccc(Br)c2)C(=O)O)c1. The van der Waals surface area contributed by atoms with Gasteiger partial charge < -0.3 is 10.4 Å². The van der Waals surface area contributed by atoms with Gasteiger partial charge in [0.15, 0.2) is 0 Å². The van der Waals surface area contributed by atoms with Crippen molar-refractivity contribution in [2.45, 2.75) is 26.3 Å². The van der Waals surface area contributed by atoms with Crippen molar-refractivity contribution in [3.8, 4) is 0 Å². The van der Waals surface area contributed by atoms with Crippen LogP contribution in [0.4, 0.5) is 0 Å². The summed E-state index contributed by atoms with van der Waals surface area (Å²) in [4.78, 5) is 23.8. The standard InChI is InChI=1S/C18H18BrNO3/c1-11-6-12(2)8-14(7-11)17(21)20-16(18(22)23)10-13-4-3-5-15(19)9-13/h3-9,16H,10H2,1-2H3,(H,20,21)(H,22,23)/t16-/m1/s1. The van der Waals surface area contributed by atoms with Crippen LogP contribution in [0, 0.1) is 13.8 Å². The molecule has 0 radical (unpaired) electrons. The van der Waals surface area contributed by atoms with E-state index >= 15 is 0 Å². The Labute approximate surface area is 143 Å². The van der Waals surface area contributed by atoms with Crippen LogP contribution in [0.15, 0.2) is 46.9 Å². The summed E-state index contributed by atoms with van der Waals surface area (Å²) < 4.78 is 0.875. The Morgan fingerprint density at radius 1 is 1.13 bits per heavy atom. The number of carboxylic acid groups (broad SMARTS) is 1. The van der Waals surface area contributed by atoms with Crippen molar-refractivity contribution >= 4 is 27.8 Å². The summed E-state index contributed by atoms with van der Waals surface area (Å²) in [7, 11) is 0. The molecule has 0 heterocycles. The maximum atomic E-state index is 12.3. The number of aliphatic carboxylic acids is 1. The lowest BCUT2D eigenvalue weighted by molar-refractivity contribution is -0.139. The fraction of sp³-hybridized carbons (Fsp3) is 0.222. The van der Waals surface area contributed by atoms with Gasteiger partial charge in [0, 0.05) is 16.5 Å². The van der Waals surface area contributed by atoms with E-state index in [9.17, 15) is 14.7 Å². The highest BCUT2D eigenvalue weighted by atomic mass is 79.9. The number of amides is 1. The third kappa shape index (κ3) is 4.93. The molecule has 0 fully saturated rings. The predicted octanol–water partition coefficient (Wildman–Crippen LogP) is 3.49. The first-order valence-electron chi connectivity index (χ1n) is 7.21. The second-order valence-corrected chi connectivity index (χ2v) is 6.49. The Kier molecular flexibility index (Phi) is 5.55. The van der Waals surface area contributed by atoms with E-state index < -0.39 is 12.0 Å². The van der Waals surface area contributed by atoms with Crippen LogP contribution in [0.25, 0.3) is 0 Å². The lowest BCUT2D eigenvalue weighted by Gasteiger charge is -2.15. The summed E-state index contributed by atoms with van der Waals surface area (Å²) in [6.45, 7) is 3.81. The number of benzene rings is 2. The molecule has 0 aliphatic rings. The molecular formula is C18H18BrNO3.